The van der Waals surface area contributed by atoms with E-state index in [-0.39, 0.29) is 10.7 Å². The van der Waals surface area contributed by atoms with Gasteiger partial charge >= 0.3 is 0 Å². The first kappa shape index (κ1) is 14.5. The zero-order valence-corrected chi connectivity index (χ0v) is 12.1. The summed E-state index contributed by atoms with van der Waals surface area (Å²) >= 11 is 5.91. The Morgan fingerprint density at radius 1 is 1.30 bits per heavy atom. The normalized spacial score (nSPS) is 11.6. The first-order chi connectivity index (χ1) is 9.26. The molecule has 1 heterocycles. The van der Waals surface area contributed by atoms with Crippen LogP contribution in [0.15, 0.2) is 29.2 Å². The number of nitro benzene ring substituents is 1. The number of aryl methyl sites for hydroxylation is 1. The van der Waals surface area contributed by atoms with Gasteiger partial charge in [0.05, 0.1) is 21.3 Å². The van der Waals surface area contributed by atoms with Crippen molar-refractivity contribution in [1.82, 2.24) is 9.19 Å². The van der Waals surface area contributed by atoms with E-state index in [2.05, 4.69) is 5.10 Å². The Morgan fingerprint density at radius 2 is 1.90 bits per heavy atom. The van der Waals surface area contributed by atoms with Crippen LogP contribution >= 0.6 is 11.6 Å². The molecule has 2 aromatic rings. The maximum absolute atomic E-state index is 12.5. The lowest BCUT2D eigenvalue weighted by atomic mass is 10.3. The standard InChI is InChI=1S/C11H10ClN3O4S/c1-7-11(12)8(2)14(13-7)20(18,19)10-6-4-3-5-9(10)15(16)17/h3-6H,1-2H3. The van der Waals surface area contributed by atoms with Gasteiger partial charge in [-0.1, -0.05) is 23.7 Å². The van der Waals surface area contributed by atoms with Crippen LogP contribution in [-0.2, 0) is 10.0 Å². The van der Waals surface area contributed by atoms with Crippen LogP contribution in [0.5, 0.6) is 0 Å². The van der Waals surface area contributed by atoms with Crippen molar-refractivity contribution in [3.05, 3.63) is 50.8 Å². The SMILES string of the molecule is Cc1nn(S(=O)(=O)c2ccccc2[N+](=O)[O-])c(C)c1Cl. The van der Waals surface area contributed by atoms with Crippen LogP contribution in [0.3, 0.4) is 0 Å². The highest BCUT2D eigenvalue weighted by Crippen LogP contribution is 2.28. The second-order valence-electron chi connectivity index (χ2n) is 4.06. The molecule has 9 heteroatoms. The van der Waals surface area contributed by atoms with Gasteiger partial charge < -0.3 is 0 Å². The van der Waals surface area contributed by atoms with Crippen molar-refractivity contribution in [2.24, 2.45) is 0 Å². The largest absolute Gasteiger partial charge is 0.290 e. The van der Waals surface area contributed by atoms with Gasteiger partial charge in [0.1, 0.15) is 0 Å². The molecule has 0 aliphatic rings. The molecule has 2 rings (SSSR count). The zero-order valence-electron chi connectivity index (χ0n) is 10.6. The molecule has 0 amide bonds. The van der Waals surface area contributed by atoms with Crippen LogP contribution in [0.1, 0.15) is 11.4 Å². The minimum absolute atomic E-state index is 0.210. The molecule has 0 unspecified atom stereocenters. The average Bonchev–Trinajstić information content (AvgIpc) is 2.67. The third-order valence-electron chi connectivity index (χ3n) is 2.73. The van der Waals surface area contributed by atoms with E-state index in [1.54, 1.807) is 6.92 Å². The summed E-state index contributed by atoms with van der Waals surface area (Å²) in [4.78, 5) is 9.77. The van der Waals surface area contributed by atoms with Crippen LogP contribution in [0.4, 0.5) is 5.69 Å². The fourth-order valence-electron chi connectivity index (χ4n) is 1.75. The van der Waals surface area contributed by atoms with Gasteiger partial charge in [-0.05, 0) is 19.9 Å². The molecule has 0 aliphatic carbocycles. The second kappa shape index (κ2) is 4.88. The van der Waals surface area contributed by atoms with Gasteiger partial charge in [-0.2, -0.15) is 17.6 Å². The zero-order chi connectivity index (χ0) is 15.1. The summed E-state index contributed by atoms with van der Waals surface area (Å²) in [5, 5.41) is 15.0. The van der Waals surface area contributed by atoms with Crippen molar-refractivity contribution in [2.75, 3.05) is 0 Å². The number of halogens is 1. The molecule has 0 saturated carbocycles. The van der Waals surface area contributed by atoms with Crippen LogP contribution in [0.2, 0.25) is 5.02 Å². The number of hydrogen-bond acceptors (Lipinski definition) is 5. The molecule has 20 heavy (non-hydrogen) atoms. The fraction of sp³-hybridized carbons (Fsp3) is 0.182. The van der Waals surface area contributed by atoms with Crippen LogP contribution in [0.25, 0.3) is 0 Å². The molecule has 0 spiro atoms. The summed E-state index contributed by atoms with van der Waals surface area (Å²) in [6, 6.07) is 5.09. The maximum atomic E-state index is 12.5. The van der Waals surface area contributed by atoms with E-state index in [9.17, 15) is 18.5 Å². The van der Waals surface area contributed by atoms with Gasteiger partial charge in [-0.15, -0.1) is 0 Å². The Kier molecular flexibility index (Phi) is 3.53. The lowest BCUT2D eigenvalue weighted by Gasteiger charge is -2.06. The van der Waals surface area contributed by atoms with E-state index in [0.717, 1.165) is 12.1 Å². The third-order valence-corrected chi connectivity index (χ3v) is 4.99. The Morgan fingerprint density at radius 3 is 2.40 bits per heavy atom. The molecule has 7 nitrogen and oxygen atoms in total. The molecule has 0 fully saturated rings. The smallest absolute Gasteiger partial charge is 0.258 e. The molecule has 0 aliphatic heterocycles. The number of rotatable bonds is 3. The minimum atomic E-state index is -4.17. The predicted molar refractivity (Wildman–Crippen MR) is 72.4 cm³/mol. The van der Waals surface area contributed by atoms with E-state index in [4.69, 9.17) is 11.6 Å². The van der Waals surface area contributed by atoms with Gasteiger partial charge in [-0.3, -0.25) is 10.1 Å². The van der Waals surface area contributed by atoms with E-state index in [1.165, 1.54) is 19.1 Å². The van der Waals surface area contributed by atoms with Crippen molar-refractivity contribution >= 4 is 27.3 Å². The van der Waals surface area contributed by atoms with Gasteiger partial charge in [0, 0.05) is 6.07 Å². The quantitative estimate of drug-likeness (QED) is 0.639. The minimum Gasteiger partial charge on any atom is -0.258 e. The molecule has 1 aromatic heterocycles. The highest BCUT2D eigenvalue weighted by molar-refractivity contribution is 7.90. The maximum Gasteiger partial charge on any atom is 0.290 e. The highest BCUT2D eigenvalue weighted by atomic mass is 35.5. The van der Waals surface area contributed by atoms with Gasteiger partial charge in [-0.25, -0.2) is 0 Å². The topological polar surface area (TPSA) is 95.1 Å². The highest BCUT2D eigenvalue weighted by Gasteiger charge is 2.29. The number of benzene rings is 1. The first-order valence-corrected chi connectivity index (χ1v) is 7.29. The van der Waals surface area contributed by atoms with E-state index >= 15 is 0 Å². The van der Waals surface area contributed by atoms with E-state index in [0.29, 0.717) is 9.78 Å². The molecular weight excluding hydrogens is 306 g/mol. The number of para-hydroxylation sites is 1. The number of nitro groups is 1. The Bertz CT molecular complexity index is 798. The summed E-state index contributed by atoms with van der Waals surface area (Å²) in [6.07, 6.45) is 0. The second-order valence-corrected chi connectivity index (χ2v) is 6.17. The molecule has 0 atom stereocenters. The van der Waals surface area contributed by atoms with Gasteiger partial charge in [0.2, 0.25) is 0 Å². The predicted octanol–water partition coefficient (Wildman–Crippen LogP) is 2.30. The summed E-state index contributed by atoms with van der Waals surface area (Å²) in [5.41, 5.74) is 0.0461. The molecule has 0 saturated heterocycles. The summed E-state index contributed by atoms with van der Waals surface area (Å²) < 4.78 is 25.7. The summed E-state index contributed by atoms with van der Waals surface area (Å²) in [7, 11) is -4.17. The van der Waals surface area contributed by atoms with Crippen molar-refractivity contribution in [1.29, 1.82) is 0 Å². The van der Waals surface area contributed by atoms with Gasteiger partial charge in [0.15, 0.2) is 4.90 Å². The van der Waals surface area contributed by atoms with Crippen molar-refractivity contribution in [2.45, 2.75) is 18.7 Å². The molecule has 0 radical (unpaired) electrons. The Labute approximate surface area is 120 Å². The molecule has 0 N–H and O–H groups in total. The van der Waals surface area contributed by atoms with Crippen molar-refractivity contribution in [3.63, 3.8) is 0 Å². The third kappa shape index (κ3) is 2.16. The number of aromatic nitrogens is 2. The fourth-order valence-corrected chi connectivity index (χ4v) is 3.45. The molecule has 0 bridgehead atoms. The lowest BCUT2D eigenvalue weighted by Crippen LogP contribution is -2.17. The Hall–Kier alpha value is -1.93. The average molecular weight is 316 g/mol. The summed E-state index contributed by atoms with van der Waals surface area (Å²) in [5.74, 6) is 0. The van der Waals surface area contributed by atoms with Crippen LogP contribution in [-0.4, -0.2) is 22.5 Å². The van der Waals surface area contributed by atoms with Crippen LogP contribution in [0, 0.1) is 24.0 Å². The summed E-state index contributed by atoms with van der Waals surface area (Å²) in [6.45, 7) is 3.04. The number of nitrogens with zero attached hydrogens (tertiary/aromatic N) is 3. The van der Waals surface area contributed by atoms with Crippen molar-refractivity contribution in [3.8, 4) is 0 Å². The molecular formula is C11H10ClN3O4S. The van der Waals surface area contributed by atoms with Gasteiger partial charge in [0.25, 0.3) is 15.7 Å². The molecule has 1 aromatic carbocycles. The van der Waals surface area contributed by atoms with Crippen molar-refractivity contribution < 1.29 is 13.3 Å². The van der Waals surface area contributed by atoms with Crippen LogP contribution < -0.4 is 0 Å². The lowest BCUT2D eigenvalue weighted by molar-refractivity contribution is -0.387. The van der Waals surface area contributed by atoms with E-state index in [1.807, 2.05) is 0 Å². The molecule has 106 valence electrons. The first-order valence-electron chi connectivity index (χ1n) is 5.47. The van der Waals surface area contributed by atoms with E-state index < -0.39 is 25.5 Å². The monoisotopic (exact) mass is 315 g/mol. The number of hydrogen-bond donors (Lipinski definition) is 0. The Balaban J connectivity index is 2.74.